The smallest absolute Gasteiger partial charge is 0.302 e. The first-order valence-electron chi connectivity index (χ1n) is 12.8. The molecule has 0 saturated carbocycles. The molecule has 224 valence electrons. The Morgan fingerprint density at radius 2 is 1.60 bits per heavy atom. The number of fused-ring (bicyclic) bond motifs is 1. The number of hydrogen-bond acceptors (Lipinski definition) is 11. The van der Waals surface area contributed by atoms with Gasteiger partial charge in [-0.1, -0.05) is 24.3 Å². The molecule has 13 heteroatoms. The minimum Gasteiger partial charge on any atom is -0.505 e. The Kier molecular flexibility index (Phi) is 9.46. The third-order valence-corrected chi connectivity index (χ3v) is 8.00. The topological polar surface area (TPSA) is 162 Å². The van der Waals surface area contributed by atoms with E-state index in [1.54, 1.807) is 42.5 Å². The molecule has 0 unspecified atom stereocenters. The summed E-state index contributed by atoms with van der Waals surface area (Å²) in [6.07, 6.45) is 0. The Morgan fingerprint density at radius 3 is 2.30 bits per heavy atom. The molecule has 0 spiro atoms. The van der Waals surface area contributed by atoms with Crippen LogP contribution < -0.4 is 19.5 Å². The van der Waals surface area contributed by atoms with Gasteiger partial charge in [-0.15, -0.1) is 10.2 Å². The van der Waals surface area contributed by atoms with E-state index in [-0.39, 0.29) is 34.2 Å². The lowest BCUT2D eigenvalue weighted by Gasteiger charge is -2.14. The predicted octanol–water partition coefficient (Wildman–Crippen LogP) is 5.58. The van der Waals surface area contributed by atoms with Gasteiger partial charge in [-0.3, -0.25) is 9.59 Å². The quantitative estimate of drug-likeness (QED) is 0.164. The van der Waals surface area contributed by atoms with Gasteiger partial charge in [-0.25, -0.2) is 8.42 Å². The van der Waals surface area contributed by atoms with E-state index < -0.39 is 33.2 Å². The highest BCUT2D eigenvalue weighted by molar-refractivity contribution is 7.91. The fraction of sp³-hybridized carbons (Fsp3) is 0.200. The van der Waals surface area contributed by atoms with Gasteiger partial charge in [0.05, 0.1) is 43.2 Å². The summed E-state index contributed by atoms with van der Waals surface area (Å²) in [5.74, 6) is -1.05. The lowest BCUT2D eigenvalue weighted by atomic mass is 10.0. The molecule has 4 rings (SSSR count). The van der Waals surface area contributed by atoms with Crippen LogP contribution in [0.4, 0.5) is 17.1 Å². The number of esters is 1. The Balaban J connectivity index is 1.75. The van der Waals surface area contributed by atoms with Crippen LogP contribution in [0.5, 0.6) is 23.0 Å². The summed E-state index contributed by atoms with van der Waals surface area (Å²) < 4.78 is 46.3. The molecule has 0 fully saturated rings. The highest BCUT2D eigenvalue weighted by atomic mass is 32.2. The molecule has 0 atom stereocenters. The molecule has 0 radical (unpaired) electrons. The summed E-state index contributed by atoms with van der Waals surface area (Å²) in [4.78, 5) is 24.3. The zero-order chi connectivity index (χ0) is 31.1. The number of carbonyl (C=O) groups is 2. The minimum atomic E-state index is -3.84. The van der Waals surface area contributed by atoms with Gasteiger partial charge in [0.25, 0.3) is 5.91 Å². The second kappa shape index (κ2) is 13.2. The molecule has 4 aromatic carbocycles. The number of rotatable bonds is 11. The average molecular weight is 608 g/mol. The van der Waals surface area contributed by atoms with Crippen molar-refractivity contribution in [3.63, 3.8) is 0 Å². The van der Waals surface area contributed by atoms with Crippen molar-refractivity contribution in [2.75, 3.05) is 39.0 Å². The number of sulfone groups is 1. The number of carbonyl (C=O) groups excluding carboxylic acids is 2. The summed E-state index contributed by atoms with van der Waals surface area (Å²) in [6, 6.07) is 17.4. The van der Waals surface area contributed by atoms with Crippen molar-refractivity contribution in [1.82, 2.24) is 0 Å². The summed E-state index contributed by atoms with van der Waals surface area (Å²) in [5, 5.41) is 23.5. The molecule has 0 bridgehead atoms. The van der Waals surface area contributed by atoms with Crippen molar-refractivity contribution in [3.8, 4) is 23.0 Å². The van der Waals surface area contributed by atoms with Crippen LogP contribution in [0.15, 0.2) is 81.9 Å². The molecule has 43 heavy (non-hydrogen) atoms. The molecule has 0 heterocycles. The fourth-order valence-electron chi connectivity index (χ4n) is 4.15. The molecular weight excluding hydrogens is 578 g/mol. The number of aromatic hydroxyl groups is 1. The van der Waals surface area contributed by atoms with Gasteiger partial charge in [-0.2, -0.15) is 0 Å². The summed E-state index contributed by atoms with van der Waals surface area (Å²) in [6.45, 7) is 0.878. The molecule has 4 aromatic rings. The number of anilines is 1. The van der Waals surface area contributed by atoms with Crippen LogP contribution in [0.3, 0.4) is 0 Å². The number of ether oxygens (including phenoxy) is 4. The lowest BCUT2D eigenvalue weighted by molar-refractivity contribution is -0.140. The zero-order valence-corrected chi connectivity index (χ0v) is 24.6. The normalized spacial score (nSPS) is 11.3. The highest BCUT2D eigenvalue weighted by Gasteiger charge is 2.21. The van der Waals surface area contributed by atoms with E-state index in [1.807, 2.05) is 0 Å². The largest absolute Gasteiger partial charge is 0.505 e. The van der Waals surface area contributed by atoms with Gasteiger partial charge in [-0.05, 0) is 41.8 Å². The Hall–Kier alpha value is -5.17. The van der Waals surface area contributed by atoms with Crippen molar-refractivity contribution in [2.24, 2.45) is 10.2 Å². The first-order valence-corrected chi connectivity index (χ1v) is 14.5. The second-order valence-electron chi connectivity index (χ2n) is 9.06. The Labute approximate surface area is 247 Å². The van der Waals surface area contributed by atoms with Crippen LogP contribution in [0.2, 0.25) is 0 Å². The van der Waals surface area contributed by atoms with Gasteiger partial charge in [0.15, 0.2) is 15.6 Å². The Bertz CT molecular complexity index is 1820. The van der Waals surface area contributed by atoms with Gasteiger partial charge < -0.3 is 29.4 Å². The summed E-state index contributed by atoms with van der Waals surface area (Å²) in [7, 11) is 0.484. The Morgan fingerprint density at radius 1 is 0.884 bits per heavy atom. The highest BCUT2D eigenvalue weighted by Crippen LogP contribution is 2.41. The monoisotopic (exact) mass is 607 g/mol. The third kappa shape index (κ3) is 7.01. The van der Waals surface area contributed by atoms with E-state index in [0.29, 0.717) is 28.0 Å². The number of phenols is 1. The second-order valence-corrected chi connectivity index (χ2v) is 11.2. The maximum Gasteiger partial charge on any atom is 0.302 e. The number of nitrogens with zero attached hydrogens (tertiary/aromatic N) is 2. The number of amides is 1. The van der Waals surface area contributed by atoms with Crippen molar-refractivity contribution >= 4 is 49.5 Å². The van der Waals surface area contributed by atoms with Gasteiger partial charge in [0.2, 0.25) is 0 Å². The molecule has 0 aromatic heterocycles. The molecule has 0 aliphatic heterocycles. The predicted molar refractivity (Wildman–Crippen MR) is 159 cm³/mol. The van der Waals surface area contributed by atoms with E-state index >= 15 is 0 Å². The molecule has 12 nitrogen and oxygen atoms in total. The van der Waals surface area contributed by atoms with Gasteiger partial charge in [0, 0.05) is 18.4 Å². The maximum atomic E-state index is 13.4. The van der Waals surface area contributed by atoms with E-state index in [1.165, 1.54) is 52.5 Å². The van der Waals surface area contributed by atoms with Crippen molar-refractivity contribution in [3.05, 3.63) is 72.3 Å². The SMILES string of the molecule is COc1ccc(OC)c(NC(=O)c2cc3ccccc3c(N=Nc3cc(S(=O)(=O)CCOC(C)=O)ccc3OC)c2O)c1. The third-order valence-electron chi connectivity index (χ3n) is 6.32. The number of benzene rings is 4. The summed E-state index contributed by atoms with van der Waals surface area (Å²) in [5.41, 5.74) is 0.256. The van der Waals surface area contributed by atoms with E-state index in [4.69, 9.17) is 18.9 Å². The summed E-state index contributed by atoms with van der Waals surface area (Å²) >= 11 is 0. The van der Waals surface area contributed by atoms with E-state index in [0.717, 1.165) is 0 Å². The van der Waals surface area contributed by atoms with Crippen LogP contribution >= 0.6 is 0 Å². The van der Waals surface area contributed by atoms with E-state index in [2.05, 4.69) is 15.5 Å². The van der Waals surface area contributed by atoms with Crippen molar-refractivity contribution < 1.29 is 42.1 Å². The number of phenolic OH excluding ortho intramolecular Hbond substituents is 1. The molecule has 0 aliphatic carbocycles. The molecule has 0 aliphatic rings. The van der Waals surface area contributed by atoms with Crippen molar-refractivity contribution in [1.29, 1.82) is 0 Å². The lowest BCUT2D eigenvalue weighted by Crippen LogP contribution is -2.14. The zero-order valence-electron chi connectivity index (χ0n) is 23.8. The first-order chi connectivity index (χ1) is 20.6. The minimum absolute atomic E-state index is 0.0222. The number of methoxy groups -OCH3 is 3. The first kappa shape index (κ1) is 30.8. The maximum absolute atomic E-state index is 13.4. The number of nitrogens with one attached hydrogen (secondary N) is 1. The van der Waals surface area contributed by atoms with Crippen LogP contribution in [0.25, 0.3) is 10.8 Å². The van der Waals surface area contributed by atoms with Crippen molar-refractivity contribution in [2.45, 2.75) is 11.8 Å². The molecule has 2 N–H and O–H groups in total. The number of azo groups is 1. The van der Waals surface area contributed by atoms with Gasteiger partial charge in [0.1, 0.15) is 35.2 Å². The average Bonchev–Trinajstić information content (AvgIpc) is 2.99. The van der Waals surface area contributed by atoms with Crippen LogP contribution in [-0.2, 0) is 19.4 Å². The molecular formula is C30H29N3O9S. The van der Waals surface area contributed by atoms with Crippen LogP contribution in [0.1, 0.15) is 17.3 Å². The van der Waals surface area contributed by atoms with Crippen LogP contribution in [-0.4, -0.2) is 59.1 Å². The fourth-order valence-corrected chi connectivity index (χ4v) is 5.26. The number of hydrogen-bond donors (Lipinski definition) is 2. The van der Waals surface area contributed by atoms with Crippen LogP contribution in [0, 0.1) is 0 Å². The van der Waals surface area contributed by atoms with E-state index in [9.17, 15) is 23.1 Å². The van der Waals surface area contributed by atoms with Gasteiger partial charge >= 0.3 is 5.97 Å². The standard InChI is InChI=1S/C30H29N3O9S/c1-18(34)42-13-14-43(37,38)21-10-12-27(41-4)25(17-21)32-33-28-22-8-6-5-7-19(22)15-23(29(28)35)30(36)31-24-16-20(39-2)9-11-26(24)40-3/h5-12,15-17,35H,13-14H2,1-4H3,(H,31,36). The molecule has 0 saturated heterocycles. The molecule has 1 amide bonds.